The van der Waals surface area contributed by atoms with Crippen LogP contribution in [0.3, 0.4) is 0 Å². The van der Waals surface area contributed by atoms with Gasteiger partial charge in [0.1, 0.15) is 11.6 Å². The van der Waals surface area contributed by atoms with Gasteiger partial charge in [-0.15, -0.1) is 0 Å². The van der Waals surface area contributed by atoms with E-state index in [1.54, 1.807) is 0 Å². The van der Waals surface area contributed by atoms with Crippen molar-refractivity contribution < 1.29 is 4.74 Å². The Morgan fingerprint density at radius 2 is 2.04 bits per heavy atom. The van der Waals surface area contributed by atoms with Gasteiger partial charge >= 0.3 is 0 Å². The van der Waals surface area contributed by atoms with E-state index < -0.39 is 0 Å². The van der Waals surface area contributed by atoms with Gasteiger partial charge in [-0.05, 0) is 61.1 Å². The van der Waals surface area contributed by atoms with Crippen molar-refractivity contribution in [3.8, 4) is 5.75 Å². The molecule has 1 aromatic carbocycles. The van der Waals surface area contributed by atoms with Crippen molar-refractivity contribution in [3.63, 3.8) is 0 Å². The molecule has 3 atom stereocenters. The Balaban J connectivity index is 1.28. The minimum atomic E-state index is 0.453. The maximum Gasteiger partial charge on any atom is 0.128 e. The Labute approximate surface area is 155 Å². The quantitative estimate of drug-likeness (QED) is 0.847. The van der Waals surface area contributed by atoms with Crippen LogP contribution in [0.5, 0.6) is 5.75 Å². The van der Waals surface area contributed by atoms with Crippen LogP contribution in [-0.4, -0.2) is 42.7 Å². The number of hydrogen-bond acceptors (Lipinski definition) is 4. The van der Waals surface area contributed by atoms with E-state index in [0.717, 1.165) is 49.5 Å². The van der Waals surface area contributed by atoms with Gasteiger partial charge in [0, 0.05) is 38.3 Å². The zero-order valence-electron chi connectivity index (χ0n) is 15.5. The second-order valence-corrected chi connectivity index (χ2v) is 8.04. The average Bonchev–Trinajstić information content (AvgIpc) is 3.33. The van der Waals surface area contributed by atoms with Crippen LogP contribution < -0.4 is 9.64 Å². The second kappa shape index (κ2) is 6.58. The van der Waals surface area contributed by atoms with Gasteiger partial charge in [0.05, 0.1) is 6.61 Å². The van der Waals surface area contributed by atoms with E-state index in [4.69, 9.17) is 4.74 Å². The van der Waals surface area contributed by atoms with Crippen LogP contribution in [0.1, 0.15) is 30.5 Å². The SMILES string of the molecule is CC(c1ccc2c(c1)OCC2)N1CCC2CN(c3ccccn3)CC2C1. The lowest BCUT2D eigenvalue weighted by Gasteiger charge is -2.38. The number of rotatable bonds is 3. The fourth-order valence-corrected chi connectivity index (χ4v) is 4.93. The van der Waals surface area contributed by atoms with Crippen molar-refractivity contribution in [1.29, 1.82) is 0 Å². The fraction of sp³-hybridized carbons (Fsp3) is 0.500. The van der Waals surface area contributed by atoms with Crippen molar-refractivity contribution in [3.05, 3.63) is 53.7 Å². The van der Waals surface area contributed by atoms with Gasteiger partial charge in [0.25, 0.3) is 0 Å². The van der Waals surface area contributed by atoms with Crippen LogP contribution in [0.25, 0.3) is 0 Å². The minimum Gasteiger partial charge on any atom is -0.493 e. The topological polar surface area (TPSA) is 28.6 Å². The van der Waals surface area contributed by atoms with Crippen LogP contribution in [-0.2, 0) is 6.42 Å². The Morgan fingerprint density at radius 3 is 2.92 bits per heavy atom. The molecule has 0 amide bonds. The average molecular weight is 349 g/mol. The Bertz CT molecular complexity index is 778. The highest BCUT2D eigenvalue weighted by Gasteiger charge is 2.38. The van der Waals surface area contributed by atoms with Gasteiger partial charge < -0.3 is 9.64 Å². The van der Waals surface area contributed by atoms with Gasteiger partial charge in [0.2, 0.25) is 0 Å². The number of benzene rings is 1. The first-order chi connectivity index (χ1) is 12.8. The van der Waals surface area contributed by atoms with Gasteiger partial charge in [0.15, 0.2) is 0 Å². The molecule has 0 N–H and O–H groups in total. The van der Waals surface area contributed by atoms with E-state index in [1.165, 1.54) is 30.6 Å². The lowest BCUT2D eigenvalue weighted by atomic mass is 9.87. The molecule has 26 heavy (non-hydrogen) atoms. The molecular weight excluding hydrogens is 322 g/mol. The third-order valence-corrected chi connectivity index (χ3v) is 6.56. The number of aromatic nitrogens is 1. The summed E-state index contributed by atoms with van der Waals surface area (Å²) in [7, 11) is 0. The van der Waals surface area contributed by atoms with E-state index in [9.17, 15) is 0 Å². The molecule has 3 aliphatic heterocycles. The standard InChI is InChI=1S/C22H27N3O/c1-16(18-6-5-17-8-11-26-21(17)12-18)24-10-7-19-13-25(15-20(19)14-24)22-4-2-3-9-23-22/h2-6,9,12,16,19-20H,7-8,10-11,13-15H2,1H3. The number of fused-ring (bicyclic) bond motifs is 2. The molecule has 2 fully saturated rings. The molecule has 1 aromatic heterocycles. The van der Waals surface area contributed by atoms with Crippen molar-refractivity contribution in [1.82, 2.24) is 9.88 Å². The summed E-state index contributed by atoms with van der Waals surface area (Å²) in [6, 6.07) is 13.5. The number of hydrogen-bond donors (Lipinski definition) is 0. The molecule has 5 rings (SSSR count). The normalized spacial score (nSPS) is 26.3. The maximum atomic E-state index is 5.78. The predicted molar refractivity (Wildman–Crippen MR) is 104 cm³/mol. The van der Waals surface area contributed by atoms with Crippen molar-refractivity contribution >= 4 is 5.82 Å². The molecule has 4 nitrogen and oxygen atoms in total. The summed E-state index contributed by atoms with van der Waals surface area (Å²) in [6.45, 7) is 7.87. The maximum absolute atomic E-state index is 5.78. The van der Waals surface area contributed by atoms with E-state index in [1.807, 2.05) is 12.3 Å². The van der Waals surface area contributed by atoms with E-state index in [-0.39, 0.29) is 0 Å². The monoisotopic (exact) mass is 349 g/mol. The Hall–Kier alpha value is -2.07. The van der Waals surface area contributed by atoms with Crippen LogP contribution in [0.15, 0.2) is 42.6 Å². The molecule has 4 heterocycles. The first-order valence-electron chi connectivity index (χ1n) is 9.93. The minimum absolute atomic E-state index is 0.453. The molecule has 3 unspecified atom stereocenters. The van der Waals surface area contributed by atoms with E-state index in [2.05, 4.69) is 52.0 Å². The molecule has 2 aromatic rings. The van der Waals surface area contributed by atoms with Gasteiger partial charge in [-0.2, -0.15) is 0 Å². The molecule has 2 saturated heterocycles. The van der Waals surface area contributed by atoms with E-state index >= 15 is 0 Å². The number of piperidine rings is 1. The Kier molecular flexibility index (Phi) is 4.08. The van der Waals surface area contributed by atoms with E-state index in [0.29, 0.717) is 6.04 Å². The largest absolute Gasteiger partial charge is 0.493 e. The predicted octanol–water partition coefficient (Wildman–Crippen LogP) is 3.54. The molecular formula is C22H27N3O. The molecule has 0 bridgehead atoms. The third-order valence-electron chi connectivity index (χ3n) is 6.56. The van der Waals surface area contributed by atoms with Crippen LogP contribution in [0.2, 0.25) is 0 Å². The summed E-state index contributed by atoms with van der Waals surface area (Å²) in [4.78, 5) is 9.70. The third kappa shape index (κ3) is 2.86. The molecule has 136 valence electrons. The fourth-order valence-electron chi connectivity index (χ4n) is 4.93. The summed E-state index contributed by atoms with van der Waals surface area (Å²) in [5, 5.41) is 0. The first-order valence-corrected chi connectivity index (χ1v) is 9.93. The number of anilines is 1. The highest BCUT2D eigenvalue weighted by Crippen LogP contribution is 2.37. The molecule has 3 aliphatic rings. The van der Waals surface area contributed by atoms with Gasteiger partial charge in [-0.1, -0.05) is 18.2 Å². The summed E-state index contributed by atoms with van der Waals surface area (Å²) in [5.41, 5.74) is 2.75. The molecule has 0 spiro atoms. The van der Waals surface area contributed by atoms with Crippen molar-refractivity contribution in [2.75, 3.05) is 37.7 Å². The van der Waals surface area contributed by atoms with Gasteiger partial charge in [-0.25, -0.2) is 4.98 Å². The molecule has 0 saturated carbocycles. The molecule has 0 aliphatic carbocycles. The number of likely N-dealkylation sites (tertiary alicyclic amines) is 1. The highest BCUT2D eigenvalue weighted by molar-refractivity contribution is 5.41. The van der Waals surface area contributed by atoms with Crippen LogP contribution >= 0.6 is 0 Å². The highest BCUT2D eigenvalue weighted by atomic mass is 16.5. The number of ether oxygens (including phenoxy) is 1. The smallest absolute Gasteiger partial charge is 0.128 e. The summed E-state index contributed by atoms with van der Waals surface area (Å²) in [5.74, 6) is 3.80. The Morgan fingerprint density at radius 1 is 1.12 bits per heavy atom. The summed E-state index contributed by atoms with van der Waals surface area (Å²) < 4.78 is 5.78. The number of pyridine rings is 1. The molecule has 0 radical (unpaired) electrons. The van der Waals surface area contributed by atoms with Crippen LogP contribution in [0.4, 0.5) is 5.82 Å². The number of nitrogens with zero attached hydrogens (tertiary/aromatic N) is 3. The van der Waals surface area contributed by atoms with Crippen molar-refractivity contribution in [2.45, 2.75) is 25.8 Å². The van der Waals surface area contributed by atoms with Gasteiger partial charge in [-0.3, -0.25) is 4.90 Å². The second-order valence-electron chi connectivity index (χ2n) is 8.04. The first kappa shape index (κ1) is 16.1. The van der Waals surface area contributed by atoms with Crippen LogP contribution in [0, 0.1) is 11.8 Å². The van der Waals surface area contributed by atoms with Crippen molar-refractivity contribution in [2.24, 2.45) is 11.8 Å². The zero-order valence-corrected chi connectivity index (χ0v) is 15.5. The summed E-state index contributed by atoms with van der Waals surface area (Å²) in [6.07, 6.45) is 4.25. The lowest BCUT2D eigenvalue weighted by Crippen LogP contribution is -2.41. The zero-order chi connectivity index (χ0) is 17.5. The summed E-state index contributed by atoms with van der Waals surface area (Å²) >= 11 is 0. The molecule has 4 heteroatoms. The lowest BCUT2D eigenvalue weighted by molar-refractivity contribution is 0.111.